The van der Waals surface area contributed by atoms with Gasteiger partial charge in [0.15, 0.2) is 0 Å². The van der Waals surface area contributed by atoms with Gasteiger partial charge in [-0.25, -0.2) is 0 Å². The van der Waals surface area contributed by atoms with E-state index < -0.39 is 0 Å². The van der Waals surface area contributed by atoms with E-state index in [0.717, 1.165) is 24.6 Å². The fourth-order valence-electron chi connectivity index (χ4n) is 1.65. The monoisotopic (exact) mass is 209 g/mol. The molecule has 15 heavy (non-hydrogen) atoms. The quantitative estimate of drug-likeness (QED) is 0.739. The van der Waals surface area contributed by atoms with E-state index in [1.165, 1.54) is 12.8 Å². The van der Waals surface area contributed by atoms with E-state index in [4.69, 9.17) is 4.42 Å². The van der Waals surface area contributed by atoms with Gasteiger partial charge in [0.1, 0.15) is 5.76 Å². The molecule has 0 saturated heterocycles. The molecule has 0 aromatic carbocycles. The van der Waals surface area contributed by atoms with Crippen LogP contribution in [-0.4, -0.2) is 6.54 Å². The summed E-state index contributed by atoms with van der Waals surface area (Å²) in [6.45, 7) is 7.77. The van der Waals surface area contributed by atoms with Gasteiger partial charge in [0, 0.05) is 0 Å². The van der Waals surface area contributed by atoms with Crippen LogP contribution in [0.4, 0.5) is 0 Å². The lowest BCUT2D eigenvalue weighted by molar-refractivity contribution is 0.372. The van der Waals surface area contributed by atoms with Crippen LogP contribution in [0.1, 0.15) is 51.8 Å². The minimum Gasteiger partial charge on any atom is -0.468 e. The fourth-order valence-corrected chi connectivity index (χ4v) is 1.65. The third kappa shape index (κ3) is 4.52. The maximum Gasteiger partial charge on any atom is 0.120 e. The van der Waals surface area contributed by atoms with Crippen LogP contribution < -0.4 is 5.32 Å². The molecule has 1 atom stereocenters. The van der Waals surface area contributed by atoms with E-state index in [1.807, 2.05) is 6.07 Å². The highest BCUT2D eigenvalue weighted by Crippen LogP contribution is 2.21. The molecule has 1 aromatic rings. The molecule has 0 amide bonds. The molecule has 0 aliphatic heterocycles. The van der Waals surface area contributed by atoms with Crippen LogP contribution >= 0.6 is 0 Å². The Bertz CT molecular complexity index is 241. The Morgan fingerprint density at radius 3 is 2.67 bits per heavy atom. The van der Waals surface area contributed by atoms with Crippen molar-refractivity contribution in [3.8, 4) is 0 Å². The van der Waals surface area contributed by atoms with Crippen LogP contribution in [0.3, 0.4) is 0 Å². The van der Waals surface area contributed by atoms with Crippen molar-refractivity contribution in [1.82, 2.24) is 5.32 Å². The second-order valence-electron chi connectivity index (χ2n) is 4.49. The Balaban J connectivity index is 2.46. The first-order valence-electron chi connectivity index (χ1n) is 6.00. The average molecular weight is 209 g/mol. The maximum absolute atomic E-state index is 5.46. The van der Waals surface area contributed by atoms with Gasteiger partial charge in [-0.2, -0.15) is 0 Å². The van der Waals surface area contributed by atoms with Gasteiger partial charge in [-0.05, 0) is 43.9 Å². The summed E-state index contributed by atoms with van der Waals surface area (Å²) in [6, 6.07) is 4.42. The minimum atomic E-state index is 0.391. The molecule has 1 N–H and O–H groups in total. The Hall–Kier alpha value is -0.760. The summed E-state index contributed by atoms with van der Waals surface area (Å²) < 4.78 is 5.46. The molecule has 1 unspecified atom stereocenters. The Kier molecular flexibility index (Phi) is 5.48. The first kappa shape index (κ1) is 12.3. The summed E-state index contributed by atoms with van der Waals surface area (Å²) in [5.41, 5.74) is 0. The van der Waals surface area contributed by atoms with Crippen molar-refractivity contribution >= 4 is 0 Å². The molecular formula is C13H23NO. The molecule has 1 aromatic heterocycles. The van der Waals surface area contributed by atoms with Gasteiger partial charge in [-0.15, -0.1) is 0 Å². The lowest BCUT2D eigenvalue weighted by Crippen LogP contribution is -2.22. The second-order valence-corrected chi connectivity index (χ2v) is 4.49. The lowest BCUT2D eigenvalue weighted by atomic mass is 10.0. The Labute approximate surface area is 93.1 Å². The largest absolute Gasteiger partial charge is 0.468 e. The predicted octanol–water partition coefficient (Wildman–Crippen LogP) is 3.76. The predicted molar refractivity (Wildman–Crippen MR) is 63.8 cm³/mol. The molecule has 1 heterocycles. The van der Waals surface area contributed by atoms with Crippen molar-refractivity contribution in [1.29, 1.82) is 0 Å². The molecule has 0 bridgehead atoms. The summed E-state index contributed by atoms with van der Waals surface area (Å²) >= 11 is 0. The molecule has 0 aliphatic carbocycles. The highest BCUT2D eigenvalue weighted by Gasteiger charge is 2.13. The van der Waals surface area contributed by atoms with Crippen LogP contribution in [0.25, 0.3) is 0 Å². The fraction of sp³-hybridized carbons (Fsp3) is 0.692. The number of furan rings is 1. The molecule has 0 spiro atoms. The summed E-state index contributed by atoms with van der Waals surface area (Å²) in [4.78, 5) is 0. The van der Waals surface area contributed by atoms with Gasteiger partial charge in [-0.1, -0.05) is 20.8 Å². The zero-order chi connectivity index (χ0) is 11.1. The van der Waals surface area contributed by atoms with Crippen LogP contribution in [-0.2, 0) is 0 Å². The second kappa shape index (κ2) is 6.67. The number of hydrogen-bond acceptors (Lipinski definition) is 2. The van der Waals surface area contributed by atoms with Gasteiger partial charge < -0.3 is 9.73 Å². The van der Waals surface area contributed by atoms with E-state index in [1.54, 1.807) is 6.26 Å². The zero-order valence-electron chi connectivity index (χ0n) is 10.1. The molecule has 2 nitrogen and oxygen atoms in total. The van der Waals surface area contributed by atoms with Gasteiger partial charge >= 0.3 is 0 Å². The van der Waals surface area contributed by atoms with Crippen LogP contribution in [0.5, 0.6) is 0 Å². The Morgan fingerprint density at radius 1 is 1.33 bits per heavy atom. The summed E-state index contributed by atoms with van der Waals surface area (Å²) in [5.74, 6) is 1.83. The van der Waals surface area contributed by atoms with Gasteiger partial charge in [0.2, 0.25) is 0 Å². The van der Waals surface area contributed by atoms with Crippen molar-refractivity contribution in [2.75, 3.05) is 6.54 Å². The van der Waals surface area contributed by atoms with Gasteiger partial charge in [0.05, 0.1) is 12.3 Å². The summed E-state index contributed by atoms with van der Waals surface area (Å²) in [5, 5.41) is 3.53. The van der Waals surface area contributed by atoms with E-state index in [9.17, 15) is 0 Å². The highest BCUT2D eigenvalue weighted by molar-refractivity contribution is 5.04. The topological polar surface area (TPSA) is 25.2 Å². The van der Waals surface area contributed by atoms with Crippen molar-refractivity contribution in [2.24, 2.45) is 5.92 Å². The van der Waals surface area contributed by atoms with Gasteiger partial charge in [-0.3, -0.25) is 0 Å². The third-order valence-corrected chi connectivity index (χ3v) is 2.56. The van der Waals surface area contributed by atoms with Crippen molar-refractivity contribution in [3.05, 3.63) is 24.2 Å². The van der Waals surface area contributed by atoms with E-state index in [-0.39, 0.29) is 0 Å². The van der Waals surface area contributed by atoms with E-state index in [0.29, 0.717) is 6.04 Å². The zero-order valence-corrected chi connectivity index (χ0v) is 10.1. The van der Waals surface area contributed by atoms with Crippen LogP contribution in [0.15, 0.2) is 22.8 Å². The smallest absolute Gasteiger partial charge is 0.120 e. The van der Waals surface area contributed by atoms with Crippen molar-refractivity contribution in [2.45, 2.75) is 46.1 Å². The molecule has 1 rings (SSSR count). The van der Waals surface area contributed by atoms with Crippen molar-refractivity contribution in [3.63, 3.8) is 0 Å². The standard InChI is InChI=1S/C13H23NO/c1-4-9-14-12(8-7-11(2)3)13-6-5-10-15-13/h5-6,10-12,14H,4,7-9H2,1-3H3. The van der Waals surface area contributed by atoms with Crippen LogP contribution in [0, 0.1) is 5.92 Å². The first-order chi connectivity index (χ1) is 7.24. The first-order valence-corrected chi connectivity index (χ1v) is 6.00. The van der Waals surface area contributed by atoms with Crippen molar-refractivity contribution < 1.29 is 4.42 Å². The van der Waals surface area contributed by atoms with Gasteiger partial charge in [0.25, 0.3) is 0 Å². The molecule has 2 heteroatoms. The molecule has 0 aliphatic rings. The molecule has 86 valence electrons. The minimum absolute atomic E-state index is 0.391. The molecule has 0 saturated carbocycles. The summed E-state index contributed by atoms with van der Waals surface area (Å²) in [6.07, 6.45) is 5.32. The average Bonchev–Trinajstić information content (AvgIpc) is 2.71. The highest BCUT2D eigenvalue weighted by atomic mass is 16.3. The van der Waals surface area contributed by atoms with Crippen LogP contribution in [0.2, 0.25) is 0 Å². The Morgan fingerprint density at radius 2 is 2.13 bits per heavy atom. The number of nitrogens with one attached hydrogen (secondary N) is 1. The SMILES string of the molecule is CCCNC(CCC(C)C)c1ccco1. The molecule has 0 fully saturated rings. The lowest BCUT2D eigenvalue weighted by Gasteiger charge is -2.17. The van der Waals surface area contributed by atoms with E-state index >= 15 is 0 Å². The maximum atomic E-state index is 5.46. The molecule has 0 radical (unpaired) electrons. The number of rotatable bonds is 7. The van der Waals surface area contributed by atoms with E-state index in [2.05, 4.69) is 32.2 Å². The normalized spacial score (nSPS) is 13.3. The molecular weight excluding hydrogens is 186 g/mol. The summed E-state index contributed by atoms with van der Waals surface area (Å²) in [7, 11) is 0. The third-order valence-electron chi connectivity index (χ3n) is 2.56. The number of hydrogen-bond donors (Lipinski definition) is 1.